The van der Waals surface area contributed by atoms with Crippen molar-refractivity contribution < 1.29 is 23.5 Å². The molecule has 0 amide bonds. The summed E-state index contributed by atoms with van der Waals surface area (Å²) in [6.45, 7) is 13.1. The van der Waals surface area contributed by atoms with Gasteiger partial charge in [-0.15, -0.1) is 0 Å². The van der Waals surface area contributed by atoms with E-state index in [0.29, 0.717) is 18.4 Å². The summed E-state index contributed by atoms with van der Waals surface area (Å²) in [5, 5.41) is 0.0808. The van der Waals surface area contributed by atoms with Gasteiger partial charge in [0.15, 0.2) is 8.32 Å². The first-order chi connectivity index (χ1) is 13.0. The average Bonchev–Trinajstić information content (AvgIpc) is 3.09. The summed E-state index contributed by atoms with van der Waals surface area (Å²) >= 11 is 0. The van der Waals surface area contributed by atoms with Crippen molar-refractivity contribution in [1.29, 1.82) is 0 Å². The Kier molecular flexibility index (Phi) is 5.74. The Morgan fingerprint density at radius 1 is 1.21 bits per heavy atom. The molecular formula is C22H32O5Si. The van der Waals surface area contributed by atoms with Gasteiger partial charge in [0.1, 0.15) is 12.2 Å². The molecule has 1 aliphatic heterocycles. The number of carbonyl (C=O) groups excluding carboxylic acids is 2. The van der Waals surface area contributed by atoms with Crippen LogP contribution >= 0.6 is 0 Å². The van der Waals surface area contributed by atoms with Crippen LogP contribution < -0.4 is 0 Å². The highest BCUT2D eigenvalue weighted by atomic mass is 28.4. The van der Waals surface area contributed by atoms with E-state index >= 15 is 0 Å². The van der Waals surface area contributed by atoms with Crippen LogP contribution in [0.5, 0.6) is 0 Å². The van der Waals surface area contributed by atoms with Gasteiger partial charge in [0.2, 0.25) is 0 Å². The molecule has 0 bridgehead atoms. The number of hydrogen-bond donors (Lipinski definition) is 0. The molecule has 5 unspecified atom stereocenters. The minimum Gasteiger partial charge on any atom is -0.462 e. The number of rotatable bonds is 5. The van der Waals surface area contributed by atoms with E-state index in [-0.39, 0.29) is 47.1 Å². The fourth-order valence-corrected chi connectivity index (χ4v) is 5.61. The molecule has 0 aromatic heterocycles. The molecule has 1 saturated heterocycles. The van der Waals surface area contributed by atoms with Gasteiger partial charge in [-0.25, -0.2) is 4.79 Å². The van der Waals surface area contributed by atoms with Crippen molar-refractivity contribution in [3.63, 3.8) is 0 Å². The molecule has 2 fully saturated rings. The Labute approximate surface area is 168 Å². The molecule has 0 N–H and O–H groups in total. The van der Waals surface area contributed by atoms with Gasteiger partial charge in [0.05, 0.1) is 12.0 Å². The monoisotopic (exact) mass is 404 g/mol. The number of fused-ring (bicyclic) bond motifs is 1. The van der Waals surface area contributed by atoms with Crippen LogP contribution in [0.25, 0.3) is 0 Å². The summed E-state index contributed by atoms with van der Waals surface area (Å²) in [7, 11) is -2.00. The SMILES string of the molecule is CC(O[Si](C)(C)C(C)(C)C)C1C(OC(=O)c2ccccc2)CC2OC(=O)CC21. The summed E-state index contributed by atoms with van der Waals surface area (Å²) in [6.07, 6.45) is 0.316. The molecule has 6 heteroatoms. The lowest BCUT2D eigenvalue weighted by Gasteiger charge is -2.41. The number of hydrogen-bond acceptors (Lipinski definition) is 5. The van der Waals surface area contributed by atoms with Crippen LogP contribution in [0.2, 0.25) is 18.1 Å². The molecule has 5 nitrogen and oxygen atoms in total. The van der Waals surface area contributed by atoms with E-state index in [9.17, 15) is 9.59 Å². The lowest BCUT2D eigenvalue weighted by Crippen LogP contribution is -2.47. The summed E-state index contributed by atoms with van der Waals surface area (Å²) in [4.78, 5) is 24.5. The first kappa shape index (κ1) is 21.1. The molecule has 1 saturated carbocycles. The van der Waals surface area contributed by atoms with Gasteiger partial charge in [-0.1, -0.05) is 39.0 Å². The largest absolute Gasteiger partial charge is 0.462 e. The molecule has 1 heterocycles. The van der Waals surface area contributed by atoms with E-state index < -0.39 is 8.32 Å². The zero-order valence-electron chi connectivity index (χ0n) is 17.7. The van der Waals surface area contributed by atoms with Crippen molar-refractivity contribution in [3.05, 3.63) is 35.9 Å². The van der Waals surface area contributed by atoms with Crippen LogP contribution in [-0.2, 0) is 18.7 Å². The standard InChI is InChI=1S/C22H32O5Si/c1-14(27-28(5,6)22(2,3)4)20-16-12-19(23)25-17(16)13-18(20)26-21(24)15-10-8-7-9-11-15/h7-11,14,16-18,20H,12-13H2,1-6H3. The molecule has 0 spiro atoms. The molecule has 154 valence electrons. The molecule has 2 aliphatic rings. The summed E-state index contributed by atoms with van der Waals surface area (Å²) in [6, 6.07) is 9.02. The summed E-state index contributed by atoms with van der Waals surface area (Å²) in [5.41, 5.74) is 0.535. The number of carbonyl (C=O) groups is 2. The van der Waals surface area contributed by atoms with Crippen molar-refractivity contribution in [2.24, 2.45) is 11.8 Å². The summed E-state index contributed by atoms with van der Waals surface area (Å²) < 4.78 is 18.0. The molecule has 1 aliphatic carbocycles. The second-order valence-corrected chi connectivity index (χ2v) is 14.4. The Morgan fingerprint density at radius 2 is 1.86 bits per heavy atom. The molecular weight excluding hydrogens is 372 g/mol. The van der Waals surface area contributed by atoms with Crippen LogP contribution in [-0.4, -0.2) is 38.6 Å². The van der Waals surface area contributed by atoms with E-state index in [1.165, 1.54) is 0 Å². The number of ether oxygens (including phenoxy) is 2. The molecule has 5 atom stereocenters. The molecule has 0 radical (unpaired) electrons. The second-order valence-electron chi connectivity index (χ2n) is 9.60. The van der Waals surface area contributed by atoms with E-state index in [0.717, 1.165) is 0 Å². The number of esters is 2. The van der Waals surface area contributed by atoms with Gasteiger partial charge in [-0.2, -0.15) is 0 Å². The van der Waals surface area contributed by atoms with Crippen molar-refractivity contribution in [2.75, 3.05) is 0 Å². The van der Waals surface area contributed by atoms with Crippen LogP contribution in [0.4, 0.5) is 0 Å². The molecule has 1 aromatic carbocycles. The van der Waals surface area contributed by atoms with Gasteiger partial charge in [0, 0.05) is 24.4 Å². The minimum absolute atomic E-state index is 0.0424. The third-order valence-electron chi connectivity index (χ3n) is 6.65. The van der Waals surface area contributed by atoms with Gasteiger partial charge < -0.3 is 13.9 Å². The molecule has 28 heavy (non-hydrogen) atoms. The zero-order valence-corrected chi connectivity index (χ0v) is 18.7. The quantitative estimate of drug-likeness (QED) is 0.531. The Balaban J connectivity index is 1.79. The summed E-state index contributed by atoms with van der Waals surface area (Å²) in [5.74, 6) is -0.493. The van der Waals surface area contributed by atoms with Crippen LogP contribution in [0, 0.1) is 11.8 Å². The second kappa shape index (κ2) is 7.63. The van der Waals surface area contributed by atoms with E-state index in [1.54, 1.807) is 12.1 Å². The fraction of sp³-hybridized carbons (Fsp3) is 0.636. The smallest absolute Gasteiger partial charge is 0.338 e. The average molecular weight is 405 g/mol. The van der Waals surface area contributed by atoms with Crippen molar-refractivity contribution >= 4 is 20.3 Å². The van der Waals surface area contributed by atoms with Crippen molar-refractivity contribution in [1.82, 2.24) is 0 Å². The van der Waals surface area contributed by atoms with Crippen molar-refractivity contribution in [3.8, 4) is 0 Å². The highest BCUT2D eigenvalue weighted by molar-refractivity contribution is 6.74. The molecule has 3 rings (SSSR count). The van der Waals surface area contributed by atoms with Crippen LogP contribution in [0.3, 0.4) is 0 Å². The topological polar surface area (TPSA) is 61.8 Å². The Bertz CT molecular complexity index is 724. The lowest BCUT2D eigenvalue weighted by atomic mass is 9.88. The third kappa shape index (κ3) is 4.18. The van der Waals surface area contributed by atoms with Gasteiger partial charge in [0.25, 0.3) is 0 Å². The Hall–Kier alpha value is -1.66. The predicted octanol–water partition coefficient (Wildman–Crippen LogP) is 4.57. The number of benzene rings is 1. The predicted molar refractivity (Wildman–Crippen MR) is 109 cm³/mol. The molecule has 1 aromatic rings. The van der Waals surface area contributed by atoms with Crippen LogP contribution in [0.15, 0.2) is 30.3 Å². The first-order valence-electron chi connectivity index (χ1n) is 10.1. The highest BCUT2D eigenvalue weighted by Crippen LogP contribution is 2.47. The highest BCUT2D eigenvalue weighted by Gasteiger charge is 2.55. The first-order valence-corrected chi connectivity index (χ1v) is 13.0. The van der Waals surface area contributed by atoms with Gasteiger partial charge in [-0.05, 0) is 37.2 Å². The lowest BCUT2D eigenvalue weighted by molar-refractivity contribution is -0.141. The maximum atomic E-state index is 12.6. The van der Waals surface area contributed by atoms with Gasteiger partial charge in [-0.3, -0.25) is 4.79 Å². The normalized spacial score (nSPS) is 28.6. The Morgan fingerprint density at radius 3 is 2.46 bits per heavy atom. The van der Waals surface area contributed by atoms with Crippen molar-refractivity contribution in [2.45, 2.75) is 77.0 Å². The van der Waals surface area contributed by atoms with Gasteiger partial charge >= 0.3 is 11.9 Å². The zero-order chi connectivity index (χ0) is 20.7. The van der Waals surface area contributed by atoms with E-state index in [1.807, 2.05) is 18.2 Å². The van der Waals surface area contributed by atoms with E-state index in [4.69, 9.17) is 13.9 Å². The fourth-order valence-electron chi connectivity index (χ4n) is 4.17. The minimum atomic E-state index is -2.00. The maximum absolute atomic E-state index is 12.6. The third-order valence-corrected chi connectivity index (χ3v) is 11.2. The van der Waals surface area contributed by atoms with Crippen LogP contribution in [0.1, 0.15) is 50.9 Å². The maximum Gasteiger partial charge on any atom is 0.338 e. The van der Waals surface area contributed by atoms with E-state index in [2.05, 4.69) is 40.8 Å².